The molecule has 0 spiro atoms. The summed E-state index contributed by atoms with van der Waals surface area (Å²) in [6.07, 6.45) is 0.745. The minimum Gasteiger partial charge on any atom is -0.409 e. The van der Waals surface area contributed by atoms with Gasteiger partial charge in [0, 0.05) is 6.61 Å². The lowest BCUT2D eigenvalue weighted by Crippen LogP contribution is -2.37. The summed E-state index contributed by atoms with van der Waals surface area (Å²) in [5.41, 5.74) is 5.16. The van der Waals surface area contributed by atoms with Crippen LogP contribution < -0.4 is 11.1 Å². The molecule has 1 rings (SSSR count). The fraction of sp³-hybridized carbons (Fsp3) is 0.714. The van der Waals surface area contributed by atoms with Crippen LogP contribution in [0.4, 0.5) is 0 Å². The van der Waals surface area contributed by atoms with Crippen LogP contribution in [0.1, 0.15) is 12.8 Å². The van der Waals surface area contributed by atoms with E-state index in [1.54, 1.807) is 0 Å². The summed E-state index contributed by atoms with van der Waals surface area (Å²) in [5, 5.41) is 13.6. The summed E-state index contributed by atoms with van der Waals surface area (Å²) in [7, 11) is 0. The minimum absolute atomic E-state index is 0.0685. The van der Waals surface area contributed by atoms with Crippen molar-refractivity contribution in [2.45, 2.75) is 18.9 Å². The zero-order chi connectivity index (χ0) is 9.68. The van der Waals surface area contributed by atoms with Crippen LogP contribution in [0.15, 0.2) is 5.16 Å². The van der Waals surface area contributed by atoms with Crippen LogP contribution >= 0.6 is 0 Å². The third kappa shape index (κ3) is 3.29. The Hall–Kier alpha value is -1.30. The molecule has 0 bridgehead atoms. The summed E-state index contributed by atoms with van der Waals surface area (Å²) >= 11 is 0. The molecule has 0 radical (unpaired) electrons. The molecule has 1 heterocycles. The molecule has 0 aromatic carbocycles. The second kappa shape index (κ2) is 4.66. The Labute approximate surface area is 75.7 Å². The number of amides is 1. The predicted octanol–water partition coefficient (Wildman–Crippen LogP) is -0.972. The first kappa shape index (κ1) is 9.79. The number of nitrogens with two attached hydrogens (primary N) is 1. The SMILES string of the molecule is NC(CC(=O)NC1CCOC1)=NO. The lowest BCUT2D eigenvalue weighted by atomic mass is 10.2. The number of carbonyl (C=O) groups is 1. The first-order valence-corrected chi connectivity index (χ1v) is 4.06. The average Bonchev–Trinajstić information content (AvgIpc) is 2.56. The fourth-order valence-electron chi connectivity index (χ4n) is 1.13. The first-order valence-electron chi connectivity index (χ1n) is 4.06. The summed E-state index contributed by atoms with van der Waals surface area (Å²) in [5.74, 6) is -0.331. The minimum atomic E-state index is -0.245. The van der Waals surface area contributed by atoms with Gasteiger partial charge in [0.15, 0.2) is 0 Å². The van der Waals surface area contributed by atoms with E-state index in [1.807, 2.05) is 0 Å². The van der Waals surface area contributed by atoms with Gasteiger partial charge in [-0.2, -0.15) is 0 Å². The van der Waals surface area contributed by atoms with Gasteiger partial charge in [-0.15, -0.1) is 0 Å². The number of hydrogen-bond donors (Lipinski definition) is 3. The summed E-state index contributed by atoms with van der Waals surface area (Å²) < 4.78 is 5.06. The highest BCUT2D eigenvalue weighted by Crippen LogP contribution is 2.03. The Kier molecular flexibility index (Phi) is 3.51. The van der Waals surface area contributed by atoms with E-state index >= 15 is 0 Å². The number of rotatable bonds is 3. The molecule has 1 aliphatic heterocycles. The predicted molar refractivity (Wildman–Crippen MR) is 45.4 cm³/mol. The lowest BCUT2D eigenvalue weighted by molar-refractivity contribution is -0.120. The van der Waals surface area contributed by atoms with Crippen molar-refractivity contribution in [3.63, 3.8) is 0 Å². The van der Waals surface area contributed by atoms with E-state index in [9.17, 15) is 4.79 Å². The topological polar surface area (TPSA) is 96.9 Å². The van der Waals surface area contributed by atoms with Crippen molar-refractivity contribution >= 4 is 11.7 Å². The second-order valence-electron chi connectivity index (χ2n) is 2.90. The van der Waals surface area contributed by atoms with E-state index in [-0.39, 0.29) is 24.2 Å². The van der Waals surface area contributed by atoms with Crippen LogP contribution in [0, 0.1) is 0 Å². The Morgan fingerprint density at radius 1 is 1.77 bits per heavy atom. The van der Waals surface area contributed by atoms with Gasteiger partial charge in [-0.05, 0) is 6.42 Å². The molecule has 4 N–H and O–H groups in total. The zero-order valence-corrected chi connectivity index (χ0v) is 7.19. The summed E-state index contributed by atoms with van der Waals surface area (Å²) in [6.45, 7) is 1.22. The van der Waals surface area contributed by atoms with Gasteiger partial charge >= 0.3 is 0 Å². The van der Waals surface area contributed by atoms with Crippen LogP contribution in [-0.2, 0) is 9.53 Å². The zero-order valence-electron chi connectivity index (χ0n) is 7.19. The van der Waals surface area contributed by atoms with E-state index in [2.05, 4.69) is 10.5 Å². The standard InChI is InChI=1S/C7H13N3O3/c8-6(10-12)3-7(11)9-5-1-2-13-4-5/h5,12H,1-4H2,(H2,8,10)(H,9,11). The highest BCUT2D eigenvalue weighted by atomic mass is 16.5. The van der Waals surface area contributed by atoms with Crippen molar-refractivity contribution < 1.29 is 14.7 Å². The number of nitrogens with one attached hydrogen (secondary N) is 1. The summed E-state index contributed by atoms with van der Waals surface area (Å²) in [4.78, 5) is 11.1. The van der Waals surface area contributed by atoms with E-state index in [1.165, 1.54) is 0 Å². The number of amidine groups is 1. The molecule has 1 unspecified atom stereocenters. The summed E-state index contributed by atoms with van der Waals surface area (Å²) in [6, 6.07) is 0.0685. The molecule has 1 aliphatic rings. The largest absolute Gasteiger partial charge is 0.409 e. The van der Waals surface area contributed by atoms with E-state index in [0.29, 0.717) is 13.2 Å². The molecule has 1 fully saturated rings. The molecule has 1 atom stereocenters. The molecule has 0 saturated carbocycles. The Balaban J connectivity index is 2.24. The number of carbonyl (C=O) groups excluding carboxylic acids is 1. The third-order valence-corrected chi connectivity index (χ3v) is 1.76. The van der Waals surface area contributed by atoms with Crippen molar-refractivity contribution in [3.8, 4) is 0 Å². The van der Waals surface area contributed by atoms with Crippen molar-refractivity contribution in [2.24, 2.45) is 10.9 Å². The number of oxime groups is 1. The van der Waals surface area contributed by atoms with Gasteiger partial charge in [0.25, 0.3) is 0 Å². The second-order valence-corrected chi connectivity index (χ2v) is 2.90. The number of hydrogen-bond acceptors (Lipinski definition) is 4. The highest BCUT2D eigenvalue weighted by Gasteiger charge is 2.17. The fourth-order valence-corrected chi connectivity index (χ4v) is 1.13. The Morgan fingerprint density at radius 2 is 2.54 bits per heavy atom. The van der Waals surface area contributed by atoms with Gasteiger partial charge in [0.1, 0.15) is 5.84 Å². The van der Waals surface area contributed by atoms with E-state index in [0.717, 1.165) is 6.42 Å². The quantitative estimate of drug-likeness (QED) is 0.229. The van der Waals surface area contributed by atoms with Crippen molar-refractivity contribution in [2.75, 3.05) is 13.2 Å². The van der Waals surface area contributed by atoms with Crippen LogP contribution in [0.2, 0.25) is 0 Å². The molecule has 0 aliphatic carbocycles. The highest BCUT2D eigenvalue weighted by molar-refractivity contribution is 5.98. The number of nitrogens with zero attached hydrogens (tertiary/aromatic N) is 1. The van der Waals surface area contributed by atoms with E-state index < -0.39 is 0 Å². The lowest BCUT2D eigenvalue weighted by Gasteiger charge is -2.09. The molecule has 6 heteroatoms. The van der Waals surface area contributed by atoms with Gasteiger partial charge in [0.2, 0.25) is 5.91 Å². The maximum absolute atomic E-state index is 11.1. The van der Waals surface area contributed by atoms with Crippen LogP contribution in [0.3, 0.4) is 0 Å². The molecular formula is C7H13N3O3. The molecular weight excluding hydrogens is 174 g/mol. The maximum atomic E-state index is 11.1. The Bertz CT molecular complexity index is 211. The smallest absolute Gasteiger partial charge is 0.227 e. The average molecular weight is 187 g/mol. The van der Waals surface area contributed by atoms with Gasteiger partial charge in [0.05, 0.1) is 19.1 Å². The first-order chi connectivity index (χ1) is 6.22. The molecule has 0 aromatic rings. The maximum Gasteiger partial charge on any atom is 0.227 e. The third-order valence-electron chi connectivity index (χ3n) is 1.76. The normalized spacial score (nSPS) is 23.1. The van der Waals surface area contributed by atoms with Gasteiger partial charge in [-0.1, -0.05) is 5.16 Å². The van der Waals surface area contributed by atoms with E-state index in [4.69, 9.17) is 15.7 Å². The van der Waals surface area contributed by atoms with Crippen LogP contribution in [0.25, 0.3) is 0 Å². The Morgan fingerprint density at radius 3 is 3.08 bits per heavy atom. The van der Waals surface area contributed by atoms with Gasteiger partial charge in [-0.25, -0.2) is 0 Å². The van der Waals surface area contributed by atoms with Crippen molar-refractivity contribution in [1.29, 1.82) is 0 Å². The van der Waals surface area contributed by atoms with Gasteiger partial charge < -0.3 is 21.0 Å². The molecule has 0 aromatic heterocycles. The monoisotopic (exact) mass is 187 g/mol. The number of ether oxygens (including phenoxy) is 1. The van der Waals surface area contributed by atoms with Crippen LogP contribution in [0.5, 0.6) is 0 Å². The molecule has 74 valence electrons. The van der Waals surface area contributed by atoms with Gasteiger partial charge in [-0.3, -0.25) is 4.79 Å². The van der Waals surface area contributed by atoms with Crippen molar-refractivity contribution in [1.82, 2.24) is 5.32 Å². The van der Waals surface area contributed by atoms with Crippen molar-refractivity contribution in [3.05, 3.63) is 0 Å². The van der Waals surface area contributed by atoms with Crippen LogP contribution in [-0.4, -0.2) is 36.2 Å². The molecule has 13 heavy (non-hydrogen) atoms. The molecule has 1 amide bonds. The molecule has 6 nitrogen and oxygen atoms in total. The molecule has 1 saturated heterocycles.